The van der Waals surface area contributed by atoms with Crippen molar-refractivity contribution < 1.29 is 0 Å². The van der Waals surface area contributed by atoms with E-state index in [1.165, 1.54) is 5.56 Å². The SMILES string of the molecule is CN1CC(C(C)(C)C)NCC1c1ccccc1. The average molecular weight is 232 g/mol. The Labute approximate surface area is 105 Å². The summed E-state index contributed by atoms with van der Waals surface area (Å²) in [6.07, 6.45) is 0. The highest BCUT2D eigenvalue weighted by molar-refractivity contribution is 5.20. The van der Waals surface area contributed by atoms with Crippen molar-refractivity contribution in [3.63, 3.8) is 0 Å². The van der Waals surface area contributed by atoms with E-state index in [0.29, 0.717) is 17.5 Å². The quantitative estimate of drug-likeness (QED) is 0.801. The van der Waals surface area contributed by atoms with Crippen LogP contribution < -0.4 is 5.32 Å². The highest BCUT2D eigenvalue weighted by Crippen LogP contribution is 2.28. The number of piperazine rings is 1. The Morgan fingerprint density at radius 1 is 1.18 bits per heavy atom. The smallest absolute Gasteiger partial charge is 0.0470 e. The van der Waals surface area contributed by atoms with Gasteiger partial charge in [0.15, 0.2) is 0 Å². The van der Waals surface area contributed by atoms with Crippen molar-refractivity contribution in [2.45, 2.75) is 32.9 Å². The maximum Gasteiger partial charge on any atom is 0.0470 e. The summed E-state index contributed by atoms with van der Waals surface area (Å²) in [6, 6.07) is 11.9. The van der Waals surface area contributed by atoms with E-state index in [4.69, 9.17) is 0 Å². The Balaban J connectivity index is 2.07. The molecule has 2 atom stereocenters. The first-order valence-electron chi connectivity index (χ1n) is 6.47. The van der Waals surface area contributed by atoms with Crippen LogP contribution in [0.15, 0.2) is 30.3 Å². The molecule has 2 nitrogen and oxygen atoms in total. The molecule has 0 spiro atoms. The number of benzene rings is 1. The van der Waals surface area contributed by atoms with Gasteiger partial charge in [0.25, 0.3) is 0 Å². The molecular weight excluding hydrogens is 208 g/mol. The van der Waals surface area contributed by atoms with Crippen LogP contribution in [-0.4, -0.2) is 31.1 Å². The van der Waals surface area contributed by atoms with Crippen LogP contribution in [0.3, 0.4) is 0 Å². The molecule has 0 radical (unpaired) electrons. The van der Waals surface area contributed by atoms with Gasteiger partial charge in [0.05, 0.1) is 0 Å². The summed E-state index contributed by atoms with van der Waals surface area (Å²) in [5, 5.41) is 3.70. The third-order valence-electron chi connectivity index (χ3n) is 3.79. The molecule has 2 rings (SSSR count). The summed E-state index contributed by atoms with van der Waals surface area (Å²) in [5.41, 5.74) is 1.74. The fourth-order valence-corrected chi connectivity index (χ4v) is 2.52. The van der Waals surface area contributed by atoms with Crippen LogP contribution >= 0.6 is 0 Å². The second-order valence-corrected chi connectivity index (χ2v) is 6.19. The first-order valence-corrected chi connectivity index (χ1v) is 6.47. The van der Waals surface area contributed by atoms with Crippen molar-refractivity contribution in [1.82, 2.24) is 10.2 Å². The van der Waals surface area contributed by atoms with Gasteiger partial charge in [0, 0.05) is 25.2 Å². The third-order valence-corrected chi connectivity index (χ3v) is 3.79. The first kappa shape index (κ1) is 12.6. The number of likely N-dealkylation sites (N-methyl/N-ethyl adjacent to an activating group) is 1. The second kappa shape index (κ2) is 4.79. The van der Waals surface area contributed by atoms with Crippen LogP contribution in [0.4, 0.5) is 0 Å². The van der Waals surface area contributed by atoms with Gasteiger partial charge in [-0.25, -0.2) is 0 Å². The van der Waals surface area contributed by atoms with Gasteiger partial charge in [-0.3, -0.25) is 4.90 Å². The van der Waals surface area contributed by atoms with Crippen LogP contribution in [0.1, 0.15) is 32.4 Å². The van der Waals surface area contributed by atoms with Gasteiger partial charge < -0.3 is 5.32 Å². The van der Waals surface area contributed by atoms with E-state index in [-0.39, 0.29) is 0 Å². The monoisotopic (exact) mass is 232 g/mol. The maximum absolute atomic E-state index is 3.70. The van der Waals surface area contributed by atoms with Crippen LogP contribution in [0.25, 0.3) is 0 Å². The lowest BCUT2D eigenvalue weighted by atomic mass is 9.84. The molecular formula is C15H24N2. The third kappa shape index (κ3) is 2.88. The number of hydrogen-bond donors (Lipinski definition) is 1. The standard InChI is InChI=1S/C15H24N2/c1-15(2,3)14-11-17(4)13(10-16-14)12-8-6-5-7-9-12/h5-9,13-14,16H,10-11H2,1-4H3. The lowest BCUT2D eigenvalue weighted by Gasteiger charge is -2.43. The number of rotatable bonds is 1. The van der Waals surface area contributed by atoms with Gasteiger partial charge in [0.2, 0.25) is 0 Å². The van der Waals surface area contributed by atoms with Gasteiger partial charge in [-0.05, 0) is 18.0 Å². The molecule has 2 unspecified atom stereocenters. The highest BCUT2D eigenvalue weighted by Gasteiger charge is 2.32. The molecule has 0 amide bonds. The molecule has 2 heteroatoms. The van der Waals surface area contributed by atoms with E-state index in [1.54, 1.807) is 0 Å². The van der Waals surface area contributed by atoms with Crippen molar-refractivity contribution in [2.75, 3.05) is 20.1 Å². The molecule has 1 aromatic rings. The van der Waals surface area contributed by atoms with Crippen LogP contribution in [0, 0.1) is 5.41 Å². The van der Waals surface area contributed by atoms with E-state index in [1.807, 2.05) is 0 Å². The fourth-order valence-electron chi connectivity index (χ4n) is 2.52. The van der Waals surface area contributed by atoms with Crippen molar-refractivity contribution in [3.8, 4) is 0 Å². The van der Waals surface area contributed by atoms with Crippen molar-refractivity contribution in [2.24, 2.45) is 5.41 Å². The van der Waals surface area contributed by atoms with E-state index in [0.717, 1.165) is 13.1 Å². The Bertz CT molecular complexity index is 353. The van der Waals surface area contributed by atoms with Crippen molar-refractivity contribution in [3.05, 3.63) is 35.9 Å². The highest BCUT2D eigenvalue weighted by atomic mass is 15.2. The van der Waals surface area contributed by atoms with E-state index >= 15 is 0 Å². The van der Waals surface area contributed by atoms with Gasteiger partial charge in [0.1, 0.15) is 0 Å². The number of nitrogens with one attached hydrogen (secondary N) is 1. The predicted molar refractivity (Wildman–Crippen MR) is 73.1 cm³/mol. The topological polar surface area (TPSA) is 15.3 Å². The average Bonchev–Trinajstić information content (AvgIpc) is 2.29. The van der Waals surface area contributed by atoms with Gasteiger partial charge in [-0.1, -0.05) is 51.1 Å². The molecule has 0 saturated carbocycles. The molecule has 1 fully saturated rings. The lowest BCUT2D eigenvalue weighted by molar-refractivity contribution is 0.109. The van der Waals surface area contributed by atoms with Crippen LogP contribution in [0.5, 0.6) is 0 Å². The summed E-state index contributed by atoms with van der Waals surface area (Å²) in [4.78, 5) is 2.47. The molecule has 0 bridgehead atoms. The largest absolute Gasteiger partial charge is 0.310 e. The number of hydrogen-bond acceptors (Lipinski definition) is 2. The van der Waals surface area contributed by atoms with E-state index in [9.17, 15) is 0 Å². The summed E-state index contributed by atoms with van der Waals surface area (Å²) in [7, 11) is 2.23. The van der Waals surface area contributed by atoms with Gasteiger partial charge >= 0.3 is 0 Å². The van der Waals surface area contributed by atoms with Crippen LogP contribution in [-0.2, 0) is 0 Å². The van der Waals surface area contributed by atoms with Crippen molar-refractivity contribution in [1.29, 1.82) is 0 Å². The molecule has 1 saturated heterocycles. The fraction of sp³-hybridized carbons (Fsp3) is 0.600. The zero-order valence-corrected chi connectivity index (χ0v) is 11.4. The summed E-state index contributed by atoms with van der Waals surface area (Å²) in [6.45, 7) is 9.08. The maximum atomic E-state index is 3.70. The second-order valence-electron chi connectivity index (χ2n) is 6.19. The zero-order chi connectivity index (χ0) is 12.5. The summed E-state index contributed by atoms with van der Waals surface area (Å²) < 4.78 is 0. The molecule has 1 heterocycles. The van der Waals surface area contributed by atoms with E-state index in [2.05, 4.69) is 68.4 Å². The lowest BCUT2D eigenvalue weighted by Crippen LogP contribution is -2.55. The summed E-state index contributed by atoms with van der Waals surface area (Å²) >= 11 is 0. The minimum atomic E-state index is 0.329. The molecule has 0 aromatic heterocycles. The minimum Gasteiger partial charge on any atom is -0.310 e. The van der Waals surface area contributed by atoms with Crippen molar-refractivity contribution >= 4 is 0 Å². The first-order chi connectivity index (χ1) is 7.98. The predicted octanol–water partition coefficient (Wildman–Crippen LogP) is 2.68. The Morgan fingerprint density at radius 3 is 2.35 bits per heavy atom. The number of nitrogens with zero attached hydrogens (tertiary/aromatic N) is 1. The molecule has 1 N–H and O–H groups in total. The van der Waals surface area contributed by atoms with E-state index < -0.39 is 0 Å². The molecule has 94 valence electrons. The molecule has 1 aromatic carbocycles. The molecule has 17 heavy (non-hydrogen) atoms. The summed E-state index contributed by atoms with van der Waals surface area (Å²) in [5.74, 6) is 0. The van der Waals surface area contributed by atoms with Gasteiger partial charge in [-0.15, -0.1) is 0 Å². The Hall–Kier alpha value is -0.860. The normalized spacial score (nSPS) is 27.1. The Kier molecular flexibility index (Phi) is 3.55. The Morgan fingerprint density at radius 2 is 1.82 bits per heavy atom. The molecule has 0 aliphatic carbocycles. The molecule has 1 aliphatic rings. The van der Waals surface area contributed by atoms with Crippen LogP contribution in [0.2, 0.25) is 0 Å². The molecule has 1 aliphatic heterocycles. The zero-order valence-electron chi connectivity index (χ0n) is 11.4. The van der Waals surface area contributed by atoms with Gasteiger partial charge in [-0.2, -0.15) is 0 Å². The minimum absolute atomic E-state index is 0.329.